The minimum Gasteiger partial charge on any atom is -0.307 e. The zero-order valence-electron chi connectivity index (χ0n) is 8.33. The Hall–Kier alpha value is -0.570. The summed E-state index contributed by atoms with van der Waals surface area (Å²) in [5.41, 5.74) is 1.30. The van der Waals surface area contributed by atoms with Crippen molar-refractivity contribution in [2.24, 2.45) is 0 Å². The molecule has 0 amide bonds. The molecule has 3 heteroatoms. The summed E-state index contributed by atoms with van der Waals surface area (Å²) in [4.78, 5) is 2.31. The minimum atomic E-state index is 0.663. The average Bonchev–Trinajstić information content (AvgIpc) is 2.13. The maximum atomic E-state index is 5.80. The van der Waals surface area contributed by atoms with Gasteiger partial charge in [0.25, 0.3) is 0 Å². The van der Waals surface area contributed by atoms with Gasteiger partial charge in [0, 0.05) is 30.7 Å². The zero-order valence-corrected chi connectivity index (χ0v) is 9.09. The summed E-state index contributed by atoms with van der Waals surface area (Å²) in [5, 5.41) is 4.30. The van der Waals surface area contributed by atoms with Gasteiger partial charge < -0.3 is 10.2 Å². The van der Waals surface area contributed by atoms with Crippen molar-refractivity contribution >= 4 is 11.6 Å². The van der Waals surface area contributed by atoms with Crippen molar-refractivity contribution < 1.29 is 0 Å². The highest BCUT2D eigenvalue weighted by molar-refractivity contribution is 6.30. The van der Waals surface area contributed by atoms with E-state index in [0.717, 1.165) is 24.7 Å². The molecule has 2 rings (SSSR count). The molecule has 1 aliphatic heterocycles. The monoisotopic (exact) mass is 210 g/mol. The van der Waals surface area contributed by atoms with Gasteiger partial charge in [0.1, 0.15) is 0 Å². The lowest BCUT2D eigenvalue weighted by atomic mass is 10.1. The number of likely N-dealkylation sites (N-methyl/N-ethyl adjacent to an activating group) is 1. The van der Waals surface area contributed by atoms with Gasteiger partial charge in [-0.05, 0) is 24.7 Å². The summed E-state index contributed by atoms with van der Waals surface area (Å²) >= 11 is 5.80. The van der Waals surface area contributed by atoms with Gasteiger partial charge in [0.05, 0.1) is 0 Å². The van der Waals surface area contributed by atoms with Crippen LogP contribution in [0.15, 0.2) is 24.3 Å². The zero-order chi connectivity index (χ0) is 9.97. The Labute approximate surface area is 89.9 Å². The first-order valence-corrected chi connectivity index (χ1v) is 5.28. The molecule has 1 aromatic rings. The maximum Gasteiger partial charge on any atom is 0.0406 e. The third-order valence-electron chi connectivity index (χ3n) is 2.57. The standard InChI is InChI=1S/C11H15ClN2/c1-14-7-11(8-14)13-6-9-2-4-10(12)5-3-9/h2-5,11,13H,6-8H2,1H3. The van der Waals surface area contributed by atoms with Crippen molar-refractivity contribution in [3.05, 3.63) is 34.9 Å². The number of hydrogen-bond acceptors (Lipinski definition) is 2. The number of nitrogens with one attached hydrogen (secondary N) is 1. The van der Waals surface area contributed by atoms with Gasteiger partial charge in [-0.25, -0.2) is 0 Å². The summed E-state index contributed by atoms with van der Waals surface area (Å²) in [5.74, 6) is 0. The highest BCUT2D eigenvalue weighted by atomic mass is 35.5. The molecule has 1 heterocycles. The summed E-state index contributed by atoms with van der Waals surface area (Å²) in [7, 11) is 2.14. The lowest BCUT2D eigenvalue weighted by Gasteiger charge is -2.36. The van der Waals surface area contributed by atoms with Crippen LogP contribution in [0.2, 0.25) is 5.02 Å². The van der Waals surface area contributed by atoms with Crippen LogP contribution in [-0.4, -0.2) is 31.1 Å². The van der Waals surface area contributed by atoms with E-state index in [1.54, 1.807) is 0 Å². The van der Waals surface area contributed by atoms with Gasteiger partial charge in [0.2, 0.25) is 0 Å². The molecule has 0 aliphatic carbocycles. The Morgan fingerprint density at radius 2 is 2.00 bits per heavy atom. The number of benzene rings is 1. The quantitative estimate of drug-likeness (QED) is 0.818. The van der Waals surface area contributed by atoms with Crippen LogP contribution in [0.3, 0.4) is 0 Å². The molecule has 0 bridgehead atoms. The topological polar surface area (TPSA) is 15.3 Å². The largest absolute Gasteiger partial charge is 0.307 e. The predicted molar refractivity (Wildman–Crippen MR) is 59.6 cm³/mol. The van der Waals surface area contributed by atoms with Crippen molar-refractivity contribution in [1.82, 2.24) is 10.2 Å². The molecular formula is C11H15ClN2. The van der Waals surface area contributed by atoms with E-state index in [1.165, 1.54) is 5.56 Å². The van der Waals surface area contributed by atoms with Crippen molar-refractivity contribution in [2.45, 2.75) is 12.6 Å². The second kappa shape index (κ2) is 4.30. The van der Waals surface area contributed by atoms with Crippen LogP contribution in [-0.2, 0) is 6.54 Å². The van der Waals surface area contributed by atoms with E-state index in [4.69, 9.17) is 11.6 Å². The van der Waals surface area contributed by atoms with E-state index in [1.807, 2.05) is 12.1 Å². The van der Waals surface area contributed by atoms with E-state index in [-0.39, 0.29) is 0 Å². The van der Waals surface area contributed by atoms with Crippen LogP contribution >= 0.6 is 11.6 Å². The first-order valence-electron chi connectivity index (χ1n) is 4.90. The first-order chi connectivity index (χ1) is 6.74. The van der Waals surface area contributed by atoms with Crippen molar-refractivity contribution in [3.8, 4) is 0 Å². The van der Waals surface area contributed by atoms with Crippen LogP contribution < -0.4 is 5.32 Å². The van der Waals surface area contributed by atoms with E-state index < -0.39 is 0 Å². The van der Waals surface area contributed by atoms with Crippen LogP contribution in [0.5, 0.6) is 0 Å². The van der Waals surface area contributed by atoms with E-state index in [9.17, 15) is 0 Å². The summed E-state index contributed by atoms with van der Waals surface area (Å²) in [6, 6.07) is 8.67. The lowest BCUT2D eigenvalue weighted by Crippen LogP contribution is -2.55. The van der Waals surface area contributed by atoms with Gasteiger partial charge in [-0.2, -0.15) is 0 Å². The lowest BCUT2D eigenvalue weighted by molar-refractivity contribution is 0.161. The van der Waals surface area contributed by atoms with Crippen molar-refractivity contribution in [1.29, 1.82) is 0 Å². The normalized spacial score (nSPS) is 18.1. The van der Waals surface area contributed by atoms with Crippen LogP contribution in [0.4, 0.5) is 0 Å². The van der Waals surface area contributed by atoms with Gasteiger partial charge >= 0.3 is 0 Å². The summed E-state index contributed by atoms with van der Waals surface area (Å²) < 4.78 is 0. The molecule has 0 saturated carbocycles. The highest BCUT2D eigenvalue weighted by Gasteiger charge is 2.21. The molecule has 0 unspecified atom stereocenters. The molecule has 0 atom stereocenters. The summed E-state index contributed by atoms with van der Waals surface area (Å²) in [6.45, 7) is 3.26. The molecule has 0 spiro atoms. The van der Waals surface area contributed by atoms with Gasteiger partial charge in [-0.15, -0.1) is 0 Å². The van der Waals surface area contributed by atoms with Crippen LogP contribution in [0.1, 0.15) is 5.56 Å². The van der Waals surface area contributed by atoms with E-state index >= 15 is 0 Å². The number of halogens is 1. The Bertz CT molecular complexity index is 291. The SMILES string of the molecule is CN1CC(NCc2ccc(Cl)cc2)C1. The van der Waals surface area contributed by atoms with Crippen molar-refractivity contribution in [3.63, 3.8) is 0 Å². The molecule has 1 N–H and O–H groups in total. The molecule has 0 aromatic heterocycles. The molecule has 1 aliphatic rings. The fourth-order valence-electron chi connectivity index (χ4n) is 1.69. The fourth-order valence-corrected chi connectivity index (χ4v) is 1.82. The molecule has 1 aromatic carbocycles. The Kier molecular flexibility index (Phi) is 3.06. The number of nitrogens with zero attached hydrogens (tertiary/aromatic N) is 1. The third-order valence-corrected chi connectivity index (χ3v) is 2.82. The third kappa shape index (κ3) is 2.47. The molecule has 0 radical (unpaired) electrons. The van der Waals surface area contributed by atoms with E-state index in [0.29, 0.717) is 6.04 Å². The summed E-state index contributed by atoms with van der Waals surface area (Å²) in [6.07, 6.45) is 0. The second-order valence-corrected chi connectivity index (χ2v) is 4.36. The number of hydrogen-bond donors (Lipinski definition) is 1. The Morgan fingerprint density at radius 1 is 1.36 bits per heavy atom. The minimum absolute atomic E-state index is 0.663. The van der Waals surface area contributed by atoms with Crippen LogP contribution in [0.25, 0.3) is 0 Å². The molecule has 1 saturated heterocycles. The van der Waals surface area contributed by atoms with Crippen LogP contribution in [0, 0.1) is 0 Å². The molecule has 14 heavy (non-hydrogen) atoms. The number of rotatable bonds is 3. The van der Waals surface area contributed by atoms with Gasteiger partial charge in [-0.3, -0.25) is 0 Å². The molecule has 2 nitrogen and oxygen atoms in total. The fraction of sp³-hybridized carbons (Fsp3) is 0.455. The number of likely N-dealkylation sites (tertiary alicyclic amines) is 1. The first kappa shape index (κ1) is 9.97. The van der Waals surface area contributed by atoms with Crippen molar-refractivity contribution in [2.75, 3.05) is 20.1 Å². The van der Waals surface area contributed by atoms with E-state index in [2.05, 4.69) is 29.4 Å². The highest BCUT2D eigenvalue weighted by Crippen LogP contribution is 2.10. The second-order valence-electron chi connectivity index (χ2n) is 3.93. The molecular weight excluding hydrogens is 196 g/mol. The Morgan fingerprint density at radius 3 is 2.57 bits per heavy atom. The average molecular weight is 211 g/mol. The Balaban J connectivity index is 1.78. The smallest absolute Gasteiger partial charge is 0.0406 e. The van der Waals surface area contributed by atoms with Gasteiger partial charge in [0.15, 0.2) is 0 Å². The molecule has 76 valence electrons. The van der Waals surface area contributed by atoms with Gasteiger partial charge in [-0.1, -0.05) is 23.7 Å². The predicted octanol–water partition coefficient (Wildman–Crippen LogP) is 1.74. The maximum absolute atomic E-state index is 5.80. The molecule has 1 fully saturated rings.